The van der Waals surface area contributed by atoms with E-state index in [2.05, 4.69) is 6.92 Å². The minimum atomic E-state index is -0.128. The number of allylic oxidation sites excluding steroid dienone is 4. The van der Waals surface area contributed by atoms with Gasteiger partial charge in [0, 0.05) is 0 Å². The maximum absolute atomic E-state index is 12.1. The number of hydrogen-bond acceptors (Lipinski definition) is 0. The third-order valence-electron chi connectivity index (χ3n) is 1.44. The summed E-state index contributed by atoms with van der Waals surface area (Å²) in [4.78, 5) is 0. The summed E-state index contributed by atoms with van der Waals surface area (Å²) in [5, 5.41) is 0. The van der Waals surface area contributed by atoms with E-state index in [1.165, 1.54) is 32.3 Å². The normalized spacial score (nSPS) is 12.8. The lowest BCUT2D eigenvalue weighted by molar-refractivity contribution is 0.640. The lowest BCUT2D eigenvalue weighted by atomic mass is 10.2. The Morgan fingerprint density at radius 1 is 1.36 bits per heavy atom. The first-order chi connectivity index (χ1) is 5.27. The van der Waals surface area contributed by atoms with Crippen LogP contribution >= 0.6 is 0 Å². The van der Waals surface area contributed by atoms with E-state index in [0.29, 0.717) is 0 Å². The summed E-state index contributed by atoms with van der Waals surface area (Å²) in [7, 11) is 0. The smallest absolute Gasteiger partial charge is 0.0968 e. The highest BCUT2D eigenvalue weighted by Gasteiger charge is 1.80. The molecule has 0 bridgehead atoms. The van der Waals surface area contributed by atoms with Crippen molar-refractivity contribution in [1.29, 1.82) is 0 Å². The zero-order chi connectivity index (χ0) is 8.53. The Morgan fingerprint density at radius 3 is 2.64 bits per heavy atom. The van der Waals surface area contributed by atoms with E-state index < -0.39 is 0 Å². The molecule has 0 aromatic carbocycles. The molecule has 0 aliphatic heterocycles. The van der Waals surface area contributed by atoms with E-state index >= 15 is 0 Å². The lowest BCUT2D eigenvalue weighted by Gasteiger charge is -1.89. The van der Waals surface area contributed by atoms with Gasteiger partial charge in [-0.2, -0.15) is 0 Å². The Morgan fingerprint density at radius 2 is 2.09 bits per heavy atom. The molecule has 64 valence electrons. The van der Waals surface area contributed by atoms with Gasteiger partial charge in [0.15, 0.2) is 0 Å². The molecule has 0 atom stereocenters. The Kier molecular flexibility index (Phi) is 7.11. The predicted octanol–water partition coefficient (Wildman–Crippen LogP) is 4.00. The first-order valence-corrected chi connectivity index (χ1v) is 4.26. The first-order valence-electron chi connectivity index (χ1n) is 4.26. The van der Waals surface area contributed by atoms with Crippen LogP contribution in [0.3, 0.4) is 0 Å². The third kappa shape index (κ3) is 9.41. The van der Waals surface area contributed by atoms with E-state index in [9.17, 15) is 4.39 Å². The summed E-state index contributed by atoms with van der Waals surface area (Å²) in [6.45, 7) is 3.63. The van der Waals surface area contributed by atoms with Crippen LogP contribution in [0.4, 0.5) is 4.39 Å². The Labute approximate surface area is 68.8 Å². The molecule has 0 aromatic rings. The van der Waals surface area contributed by atoms with Gasteiger partial charge in [-0.15, -0.1) is 0 Å². The minimum absolute atomic E-state index is 0.128. The van der Waals surface area contributed by atoms with Crippen LogP contribution in [0.25, 0.3) is 0 Å². The summed E-state index contributed by atoms with van der Waals surface area (Å²) in [5.41, 5.74) is 0. The van der Waals surface area contributed by atoms with Crippen LogP contribution in [0.2, 0.25) is 0 Å². The number of halogens is 1. The van der Waals surface area contributed by atoms with Gasteiger partial charge in [-0.1, -0.05) is 31.9 Å². The van der Waals surface area contributed by atoms with Crippen molar-refractivity contribution in [3.05, 3.63) is 24.1 Å². The summed E-state index contributed by atoms with van der Waals surface area (Å²) < 4.78 is 12.1. The maximum atomic E-state index is 12.1. The molecule has 0 saturated carbocycles. The molecule has 0 aromatic heterocycles. The van der Waals surface area contributed by atoms with Crippen LogP contribution < -0.4 is 0 Å². The van der Waals surface area contributed by atoms with Crippen LogP contribution in [0, 0.1) is 0 Å². The van der Waals surface area contributed by atoms with Crippen molar-refractivity contribution in [3.8, 4) is 0 Å². The third-order valence-corrected chi connectivity index (χ3v) is 1.44. The van der Waals surface area contributed by atoms with Gasteiger partial charge >= 0.3 is 0 Å². The highest BCUT2D eigenvalue weighted by molar-refractivity contribution is 5.04. The van der Waals surface area contributed by atoms with Crippen LogP contribution in [-0.2, 0) is 0 Å². The average molecular weight is 156 g/mol. The standard InChI is InChI=1S/C10H17F/c1-3-4-5-6-7-8-9-10(2)11/h7-9H,3-6H2,1-2H3/b8-7-,10-9+. The Balaban J connectivity index is 3.23. The summed E-state index contributed by atoms with van der Waals surface area (Å²) >= 11 is 0. The fourth-order valence-electron chi connectivity index (χ4n) is 0.809. The molecular formula is C10H17F. The average Bonchev–Trinajstić information content (AvgIpc) is 1.96. The molecular weight excluding hydrogens is 139 g/mol. The summed E-state index contributed by atoms with van der Waals surface area (Å²) in [6.07, 6.45) is 10.1. The zero-order valence-corrected chi connectivity index (χ0v) is 7.44. The van der Waals surface area contributed by atoms with Gasteiger partial charge in [0.1, 0.15) is 0 Å². The van der Waals surface area contributed by atoms with Gasteiger partial charge < -0.3 is 0 Å². The second-order valence-corrected chi connectivity index (χ2v) is 2.68. The Bertz CT molecular complexity index is 130. The van der Waals surface area contributed by atoms with E-state index in [4.69, 9.17) is 0 Å². The highest BCUT2D eigenvalue weighted by atomic mass is 19.1. The molecule has 0 heterocycles. The lowest BCUT2D eigenvalue weighted by Crippen LogP contribution is -1.69. The van der Waals surface area contributed by atoms with Crippen LogP contribution in [0.15, 0.2) is 24.1 Å². The van der Waals surface area contributed by atoms with Crippen molar-refractivity contribution < 1.29 is 4.39 Å². The molecule has 0 amide bonds. The second kappa shape index (κ2) is 7.52. The quantitative estimate of drug-likeness (QED) is 0.417. The number of rotatable bonds is 5. The van der Waals surface area contributed by atoms with Crippen molar-refractivity contribution in [3.63, 3.8) is 0 Å². The molecule has 0 saturated heterocycles. The summed E-state index contributed by atoms with van der Waals surface area (Å²) in [6, 6.07) is 0. The number of hydrogen-bond donors (Lipinski definition) is 0. The van der Waals surface area contributed by atoms with E-state index in [-0.39, 0.29) is 5.83 Å². The molecule has 0 unspecified atom stereocenters. The van der Waals surface area contributed by atoms with Crippen molar-refractivity contribution in [1.82, 2.24) is 0 Å². The number of unbranched alkanes of at least 4 members (excludes halogenated alkanes) is 3. The van der Waals surface area contributed by atoms with Crippen molar-refractivity contribution >= 4 is 0 Å². The van der Waals surface area contributed by atoms with Gasteiger partial charge in [0.05, 0.1) is 5.83 Å². The molecule has 0 radical (unpaired) electrons. The molecule has 0 aliphatic carbocycles. The van der Waals surface area contributed by atoms with E-state index in [0.717, 1.165) is 6.42 Å². The minimum Gasteiger partial charge on any atom is -0.212 e. The van der Waals surface area contributed by atoms with Gasteiger partial charge in [0.2, 0.25) is 0 Å². The van der Waals surface area contributed by atoms with Crippen molar-refractivity contribution in [2.45, 2.75) is 39.5 Å². The molecule has 1 heteroatoms. The highest BCUT2D eigenvalue weighted by Crippen LogP contribution is 2.00. The van der Waals surface area contributed by atoms with E-state index in [1.807, 2.05) is 6.08 Å². The van der Waals surface area contributed by atoms with Gasteiger partial charge in [0.25, 0.3) is 0 Å². The zero-order valence-electron chi connectivity index (χ0n) is 7.44. The van der Waals surface area contributed by atoms with Gasteiger partial charge in [-0.25, -0.2) is 4.39 Å². The molecule has 0 N–H and O–H groups in total. The fraction of sp³-hybridized carbons (Fsp3) is 0.600. The van der Waals surface area contributed by atoms with Crippen molar-refractivity contribution in [2.75, 3.05) is 0 Å². The largest absolute Gasteiger partial charge is 0.212 e. The SMILES string of the molecule is CCCCC/C=C\C=C(/C)F. The van der Waals surface area contributed by atoms with Crippen LogP contribution in [-0.4, -0.2) is 0 Å². The first kappa shape index (κ1) is 10.4. The summed E-state index contributed by atoms with van der Waals surface area (Å²) in [5.74, 6) is -0.128. The molecule has 0 nitrogen and oxygen atoms in total. The van der Waals surface area contributed by atoms with Gasteiger partial charge in [-0.3, -0.25) is 0 Å². The van der Waals surface area contributed by atoms with Gasteiger partial charge in [-0.05, 0) is 25.8 Å². The molecule has 0 spiro atoms. The Hall–Kier alpha value is -0.590. The predicted molar refractivity (Wildman–Crippen MR) is 48.1 cm³/mol. The van der Waals surface area contributed by atoms with Crippen LogP contribution in [0.5, 0.6) is 0 Å². The second-order valence-electron chi connectivity index (χ2n) is 2.68. The molecule has 0 fully saturated rings. The fourth-order valence-corrected chi connectivity index (χ4v) is 0.809. The van der Waals surface area contributed by atoms with E-state index in [1.54, 1.807) is 6.08 Å². The maximum Gasteiger partial charge on any atom is 0.0968 e. The van der Waals surface area contributed by atoms with Crippen LogP contribution in [0.1, 0.15) is 39.5 Å². The van der Waals surface area contributed by atoms with Crippen molar-refractivity contribution in [2.24, 2.45) is 0 Å². The molecule has 0 aliphatic rings. The molecule has 11 heavy (non-hydrogen) atoms. The molecule has 0 rings (SSSR count). The monoisotopic (exact) mass is 156 g/mol. The topological polar surface area (TPSA) is 0 Å².